The first kappa shape index (κ1) is 17.1. The van der Waals surface area contributed by atoms with Gasteiger partial charge in [-0.05, 0) is 37.5 Å². The number of nitrogens with one attached hydrogen (secondary N) is 2. The molecule has 1 saturated heterocycles. The van der Waals surface area contributed by atoms with Crippen LogP contribution >= 0.6 is 11.8 Å². The molecule has 6 heteroatoms. The normalized spacial score (nSPS) is 19.0. The van der Waals surface area contributed by atoms with Gasteiger partial charge in [-0.2, -0.15) is 11.8 Å². The SMILES string of the molecule is CCNC(=NCCc1c[nH]c2ncccc12)N1CCSC(CC)C1. The maximum Gasteiger partial charge on any atom is 0.193 e. The Morgan fingerprint density at radius 2 is 2.42 bits per heavy atom. The van der Waals surface area contributed by atoms with Crippen molar-refractivity contribution in [1.29, 1.82) is 0 Å². The summed E-state index contributed by atoms with van der Waals surface area (Å²) in [5, 5.41) is 5.39. The van der Waals surface area contributed by atoms with Crippen LogP contribution in [-0.2, 0) is 6.42 Å². The molecule has 0 radical (unpaired) electrons. The zero-order valence-corrected chi connectivity index (χ0v) is 15.4. The summed E-state index contributed by atoms with van der Waals surface area (Å²) >= 11 is 2.09. The third-order valence-electron chi connectivity index (χ3n) is 4.41. The quantitative estimate of drug-likeness (QED) is 0.646. The average Bonchev–Trinajstić information content (AvgIpc) is 3.04. The van der Waals surface area contributed by atoms with Crippen LogP contribution in [0, 0.1) is 0 Å². The summed E-state index contributed by atoms with van der Waals surface area (Å²) in [5.41, 5.74) is 2.25. The Labute approximate surface area is 148 Å². The van der Waals surface area contributed by atoms with E-state index in [2.05, 4.69) is 58.1 Å². The number of hydrogen-bond acceptors (Lipinski definition) is 3. The highest BCUT2D eigenvalue weighted by atomic mass is 32.2. The van der Waals surface area contributed by atoms with Crippen molar-refractivity contribution in [3.63, 3.8) is 0 Å². The first-order valence-electron chi connectivity index (χ1n) is 8.87. The van der Waals surface area contributed by atoms with E-state index < -0.39 is 0 Å². The lowest BCUT2D eigenvalue weighted by atomic mass is 10.1. The molecule has 5 nitrogen and oxygen atoms in total. The van der Waals surface area contributed by atoms with E-state index in [9.17, 15) is 0 Å². The van der Waals surface area contributed by atoms with Gasteiger partial charge >= 0.3 is 0 Å². The fourth-order valence-corrected chi connectivity index (χ4v) is 4.27. The lowest BCUT2D eigenvalue weighted by molar-refractivity contribution is 0.408. The van der Waals surface area contributed by atoms with Crippen LogP contribution in [0.25, 0.3) is 11.0 Å². The van der Waals surface area contributed by atoms with E-state index >= 15 is 0 Å². The lowest BCUT2D eigenvalue weighted by Crippen LogP contribution is -2.48. The molecule has 0 aromatic carbocycles. The molecule has 2 aromatic rings. The van der Waals surface area contributed by atoms with Crippen molar-refractivity contribution >= 4 is 28.8 Å². The minimum absolute atomic E-state index is 0.724. The summed E-state index contributed by atoms with van der Waals surface area (Å²) in [6, 6.07) is 4.11. The Morgan fingerprint density at radius 1 is 1.50 bits per heavy atom. The number of nitrogens with zero attached hydrogens (tertiary/aromatic N) is 3. The molecule has 1 atom stereocenters. The third kappa shape index (κ3) is 4.04. The molecular formula is C18H27N5S. The molecule has 0 spiro atoms. The number of aromatic amines is 1. The summed E-state index contributed by atoms with van der Waals surface area (Å²) in [7, 11) is 0. The maximum absolute atomic E-state index is 4.88. The van der Waals surface area contributed by atoms with Crippen molar-refractivity contribution in [2.45, 2.75) is 31.9 Å². The zero-order chi connectivity index (χ0) is 16.8. The van der Waals surface area contributed by atoms with E-state index in [0.29, 0.717) is 0 Å². The molecule has 3 heterocycles. The van der Waals surface area contributed by atoms with Gasteiger partial charge in [-0.1, -0.05) is 6.92 Å². The van der Waals surface area contributed by atoms with Crippen molar-refractivity contribution in [2.24, 2.45) is 4.99 Å². The van der Waals surface area contributed by atoms with Crippen molar-refractivity contribution in [3.8, 4) is 0 Å². The summed E-state index contributed by atoms with van der Waals surface area (Å²) in [5.74, 6) is 2.26. The van der Waals surface area contributed by atoms with Gasteiger partial charge in [-0.15, -0.1) is 0 Å². The molecule has 0 bridgehead atoms. The largest absolute Gasteiger partial charge is 0.357 e. The molecule has 3 rings (SSSR count). The molecule has 1 fully saturated rings. The molecule has 130 valence electrons. The Morgan fingerprint density at radius 3 is 3.25 bits per heavy atom. The van der Waals surface area contributed by atoms with Crippen LogP contribution in [0.5, 0.6) is 0 Å². The monoisotopic (exact) mass is 345 g/mol. The second-order valence-electron chi connectivity index (χ2n) is 6.05. The van der Waals surface area contributed by atoms with Gasteiger partial charge in [0.15, 0.2) is 5.96 Å². The molecule has 1 aliphatic heterocycles. The molecule has 1 aliphatic rings. The van der Waals surface area contributed by atoms with Crippen LogP contribution in [-0.4, -0.2) is 58.0 Å². The summed E-state index contributed by atoms with van der Waals surface area (Å²) in [4.78, 5) is 14.9. The van der Waals surface area contributed by atoms with Gasteiger partial charge < -0.3 is 15.2 Å². The van der Waals surface area contributed by atoms with E-state index in [1.807, 2.05) is 12.3 Å². The van der Waals surface area contributed by atoms with Crippen molar-refractivity contribution in [1.82, 2.24) is 20.2 Å². The number of aromatic nitrogens is 2. The molecule has 2 N–H and O–H groups in total. The van der Waals surface area contributed by atoms with Crippen LogP contribution in [0.2, 0.25) is 0 Å². The highest BCUT2D eigenvalue weighted by molar-refractivity contribution is 8.00. The van der Waals surface area contributed by atoms with Gasteiger partial charge in [0.25, 0.3) is 0 Å². The maximum atomic E-state index is 4.88. The van der Waals surface area contributed by atoms with Crippen molar-refractivity contribution in [3.05, 3.63) is 30.1 Å². The number of thioether (sulfide) groups is 1. The molecule has 0 amide bonds. The fraction of sp³-hybridized carbons (Fsp3) is 0.556. The van der Waals surface area contributed by atoms with Gasteiger partial charge in [-0.25, -0.2) is 4.98 Å². The van der Waals surface area contributed by atoms with E-state index in [-0.39, 0.29) is 0 Å². The molecule has 0 saturated carbocycles. The van der Waals surface area contributed by atoms with Crippen LogP contribution < -0.4 is 5.32 Å². The molecule has 0 aliphatic carbocycles. The highest BCUT2D eigenvalue weighted by Gasteiger charge is 2.21. The third-order valence-corrected chi connectivity index (χ3v) is 5.78. The van der Waals surface area contributed by atoms with E-state index in [1.165, 1.54) is 23.1 Å². The molecule has 24 heavy (non-hydrogen) atoms. The van der Waals surface area contributed by atoms with Crippen molar-refractivity contribution < 1.29 is 0 Å². The standard InChI is InChI=1S/C18H27N5S/c1-3-15-13-23(10-11-24-15)18(19-4-2)21-9-7-14-12-22-17-16(14)6-5-8-20-17/h5-6,8,12,15H,3-4,7,9-11,13H2,1-2H3,(H,19,21)(H,20,22). The minimum atomic E-state index is 0.724. The smallest absolute Gasteiger partial charge is 0.193 e. The van der Waals surface area contributed by atoms with E-state index in [0.717, 1.165) is 49.5 Å². The number of hydrogen-bond donors (Lipinski definition) is 2. The number of H-pyrrole nitrogens is 1. The highest BCUT2D eigenvalue weighted by Crippen LogP contribution is 2.21. The van der Waals surface area contributed by atoms with Gasteiger partial charge in [-0.3, -0.25) is 4.99 Å². The van der Waals surface area contributed by atoms with E-state index in [4.69, 9.17) is 4.99 Å². The topological polar surface area (TPSA) is 56.3 Å². The Hall–Kier alpha value is -1.69. The Kier molecular flexibility index (Phi) is 6.01. The van der Waals surface area contributed by atoms with Gasteiger partial charge in [0.05, 0.1) is 0 Å². The van der Waals surface area contributed by atoms with Crippen molar-refractivity contribution in [2.75, 3.05) is 31.9 Å². The minimum Gasteiger partial charge on any atom is -0.357 e. The molecule has 1 unspecified atom stereocenters. The number of fused-ring (bicyclic) bond motifs is 1. The summed E-state index contributed by atoms with van der Waals surface area (Å²) in [6.45, 7) is 8.31. The fourth-order valence-electron chi connectivity index (χ4n) is 3.09. The first-order chi connectivity index (χ1) is 11.8. The summed E-state index contributed by atoms with van der Waals surface area (Å²) < 4.78 is 0. The van der Waals surface area contributed by atoms with Gasteiger partial charge in [0, 0.05) is 55.0 Å². The molecule has 2 aromatic heterocycles. The zero-order valence-electron chi connectivity index (χ0n) is 14.6. The number of aliphatic imine (C=N–C) groups is 1. The Bertz CT molecular complexity index is 681. The van der Waals surface area contributed by atoms with Crippen LogP contribution in [0.15, 0.2) is 29.5 Å². The lowest BCUT2D eigenvalue weighted by Gasteiger charge is -2.34. The Balaban J connectivity index is 1.65. The van der Waals surface area contributed by atoms with Crippen LogP contribution in [0.1, 0.15) is 25.8 Å². The predicted octanol–water partition coefficient (Wildman–Crippen LogP) is 2.90. The van der Waals surface area contributed by atoms with Crippen LogP contribution in [0.4, 0.5) is 0 Å². The number of guanidine groups is 1. The summed E-state index contributed by atoms with van der Waals surface area (Å²) in [6.07, 6.45) is 6.04. The van der Waals surface area contributed by atoms with E-state index in [1.54, 1.807) is 0 Å². The van der Waals surface area contributed by atoms with Crippen LogP contribution in [0.3, 0.4) is 0 Å². The second-order valence-corrected chi connectivity index (χ2v) is 7.45. The predicted molar refractivity (Wildman–Crippen MR) is 104 cm³/mol. The second kappa shape index (κ2) is 8.42. The number of pyridine rings is 1. The molecular weight excluding hydrogens is 318 g/mol. The first-order valence-corrected chi connectivity index (χ1v) is 9.92. The van der Waals surface area contributed by atoms with Gasteiger partial charge in [0.2, 0.25) is 0 Å². The number of rotatable bonds is 5. The average molecular weight is 346 g/mol. The van der Waals surface area contributed by atoms with Gasteiger partial charge in [0.1, 0.15) is 5.65 Å².